The number of benzene rings is 2. The van der Waals surface area contributed by atoms with Crippen LogP contribution in [-0.2, 0) is 0 Å². The van der Waals surface area contributed by atoms with E-state index in [4.69, 9.17) is 26.4 Å². The first-order chi connectivity index (χ1) is 21.2. The van der Waals surface area contributed by atoms with Crippen molar-refractivity contribution in [3.05, 3.63) is 59.7 Å². The number of rotatable bonds is 17. The zero-order valence-corrected chi connectivity index (χ0v) is 30.4. The number of hydrogen-bond acceptors (Lipinski definition) is 5. The summed E-state index contributed by atoms with van der Waals surface area (Å²) in [4.78, 5) is 4.46. The highest BCUT2D eigenvalue weighted by atomic mass is 16.5. The number of ether oxygens (including phenoxy) is 2. The van der Waals surface area contributed by atoms with Crippen LogP contribution >= 0.6 is 0 Å². The van der Waals surface area contributed by atoms with Crippen molar-refractivity contribution in [3.8, 4) is 11.5 Å². The molecule has 6 nitrogen and oxygen atoms in total. The maximum Gasteiger partial charge on any atom is 0.125 e. The Hall–Kier alpha value is -2.86. The summed E-state index contributed by atoms with van der Waals surface area (Å²) in [6, 6.07) is 15.7. The van der Waals surface area contributed by atoms with Gasteiger partial charge in [0.1, 0.15) is 17.3 Å². The minimum Gasteiger partial charge on any atom is -0.494 e. The standard InChI is InChI=1S/C19H32N2O.C14H21NO.C6H15N/c1-5-6-7-8-15-22-17-11-9-16(10-12-17)18(20)21-14-13-19(2,3)4;1-3-4-5-6-11-16-14-9-7-13(8-10-14)12(2)15;1-6(2,3)4-5-7/h9-12H,5-8,13-15H2,1-4H3,(H2,20,21);7-10,15H,3-6,11H2,1-2H3;4-5,7H2,1-3H3. The molecule has 0 unspecified atom stereocenters. The van der Waals surface area contributed by atoms with Gasteiger partial charge in [0.2, 0.25) is 0 Å². The van der Waals surface area contributed by atoms with E-state index in [-0.39, 0.29) is 0 Å². The van der Waals surface area contributed by atoms with Gasteiger partial charge in [0.15, 0.2) is 0 Å². The van der Waals surface area contributed by atoms with E-state index in [1.165, 1.54) is 38.5 Å². The van der Waals surface area contributed by atoms with Crippen LogP contribution in [0.3, 0.4) is 0 Å². The summed E-state index contributed by atoms with van der Waals surface area (Å²) in [5, 5.41) is 7.48. The third-order valence-electron chi connectivity index (χ3n) is 7.01. The van der Waals surface area contributed by atoms with Crippen molar-refractivity contribution in [3.63, 3.8) is 0 Å². The van der Waals surface area contributed by atoms with Crippen LogP contribution in [0.2, 0.25) is 0 Å². The van der Waals surface area contributed by atoms with Gasteiger partial charge in [-0.3, -0.25) is 4.99 Å². The van der Waals surface area contributed by atoms with Crippen LogP contribution in [0.25, 0.3) is 0 Å². The first-order valence-electron chi connectivity index (χ1n) is 17.2. The predicted octanol–water partition coefficient (Wildman–Crippen LogP) is 10.2. The summed E-state index contributed by atoms with van der Waals surface area (Å²) in [5.41, 5.74) is 14.6. The van der Waals surface area contributed by atoms with Crippen molar-refractivity contribution in [2.24, 2.45) is 27.3 Å². The molecule has 6 heteroatoms. The molecule has 0 saturated carbocycles. The molecule has 2 rings (SSSR count). The largest absolute Gasteiger partial charge is 0.494 e. The van der Waals surface area contributed by atoms with Crippen molar-refractivity contribution in [1.82, 2.24) is 0 Å². The van der Waals surface area contributed by atoms with Gasteiger partial charge in [-0.05, 0) is 104 Å². The van der Waals surface area contributed by atoms with E-state index in [1.807, 2.05) is 48.5 Å². The monoisotopic (exact) mass is 625 g/mol. The van der Waals surface area contributed by atoms with Gasteiger partial charge in [0.05, 0.1) is 13.2 Å². The van der Waals surface area contributed by atoms with Crippen LogP contribution in [0.4, 0.5) is 0 Å². The molecule has 0 heterocycles. The molecule has 0 atom stereocenters. The van der Waals surface area contributed by atoms with Crippen molar-refractivity contribution in [2.75, 3.05) is 26.3 Å². The molecular weight excluding hydrogens is 556 g/mol. The number of aliphatic imine (C=N–C) groups is 1. The predicted molar refractivity (Wildman–Crippen MR) is 197 cm³/mol. The smallest absolute Gasteiger partial charge is 0.125 e. The van der Waals surface area contributed by atoms with Gasteiger partial charge in [-0.1, -0.05) is 93.9 Å². The molecule has 0 amide bonds. The second-order valence-electron chi connectivity index (χ2n) is 14.2. The summed E-state index contributed by atoms with van der Waals surface area (Å²) in [6.45, 7) is 22.6. The zero-order chi connectivity index (χ0) is 34.1. The average Bonchev–Trinajstić information content (AvgIpc) is 2.97. The second-order valence-corrected chi connectivity index (χ2v) is 14.2. The Morgan fingerprint density at radius 3 is 1.42 bits per heavy atom. The molecule has 0 fully saturated rings. The molecule has 0 aliphatic heterocycles. The molecule has 0 radical (unpaired) electrons. The highest BCUT2D eigenvalue weighted by Crippen LogP contribution is 2.19. The molecule has 45 heavy (non-hydrogen) atoms. The summed E-state index contributed by atoms with van der Waals surface area (Å²) in [6.07, 6.45) is 12.0. The third-order valence-corrected chi connectivity index (χ3v) is 7.01. The van der Waals surface area contributed by atoms with Crippen molar-refractivity contribution in [1.29, 1.82) is 5.41 Å². The Balaban J connectivity index is 0.000000733. The van der Waals surface area contributed by atoms with E-state index in [1.54, 1.807) is 6.92 Å². The maximum absolute atomic E-state index is 7.48. The minimum absolute atomic E-state index is 0.291. The number of amidine groups is 1. The lowest BCUT2D eigenvalue weighted by atomic mass is 9.92. The van der Waals surface area contributed by atoms with E-state index in [9.17, 15) is 0 Å². The fraction of sp³-hybridized carbons (Fsp3) is 0.641. The van der Waals surface area contributed by atoms with Crippen molar-refractivity contribution in [2.45, 2.75) is 127 Å². The lowest BCUT2D eigenvalue weighted by Gasteiger charge is -2.16. The third kappa shape index (κ3) is 25.1. The molecule has 0 bridgehead atoms. The molecule has 256 valence electrons. The summed E-state index contributed by atoms with van der Waals surface area (Å²) in [5.74, 6) is 2.42. The fourth-order valence-electron chi connectivity index (χ4n) is 4.00. The van der Waals surface area contributed by atoms with E-state index < -0.39 is 0 Å². The molecule has 0 aliphatic rings. The van der Waals surface area contributed by atoms with Crippen LogP contribution in [0.15, 0.2) is 53.5 Å². The van der Waals surface area contributed by atoms with E-state index in [0.717, 1.165) is 74.6 Å². The number of unbranched alkanes of at least 4 members (excludes halogenated alkanes) is 6. The lowest BCUT2D eigenvalue weighted by molar-refractivity contribution is 0.305. The number of nitrogens with one attached hydrogen (secondary N) is 1. The van der Waals surface area contributed by atoms with Gasteiger partial charge in [0, 0.05) is 17.8 Å². The van der Waals surface area contributed by atoms with Crippen LogP contribution < -0.4 is 20.9 Å². The summed E-state index contributed by atoms with van der Waals surface area (Å²) in [7, 11) is 0. The second kappa shape index (κ2) is 24.4. The quantitative estimate of drug-likeness (QED) is 0.0924. The van der Waals surface area contributed by atoms with Crippen LogP contribution in [0, 0.1) is 16.2 Å². The van der Waals surface area contributed by atoms with Gasteiger partial charge < -0.3 is 26.4 Å². The first-order valence-corrected chi connectivity index (χ1v) is 17.2. The van der Waals surface area contributed by atoms with Crippen LogP contribution in [0.1, 0.15) is 138 Å². The molecule has 0 saturated heterocycles. The molecule has 2 aromatic rings. The Labute approximate surface area is 277 Å². The first kappa shape index (κ1) is 42.1. The minimum atomic E-state index is 0.291. The molecule has 0 spiro atoms. The van der Waals surface area contributed by atoms with Gasteiger partial charge >= 0.3 is 0 Å². The molecular formula is C39H68N4O2. The summed E-state index contributed by atoms with van der Waals surface area (Å²) < 4.78 is 11.3. The Morgan fingerprint density at radius 1 is 0.667 bits per heavy atom. The summed E-state index contributed by atoms with van der Waals surface area (Å²) >= 11 is 0. The van der Waals surface area contributed by atoms with Gasteiger partial charge in [0.25, 0.3) is 0 Å². The lowest BCUT2D eigenvalue weighted by Crippen LogP contribution is -2.15. The molecule has 0 aliphatic carbocycles. The Kier molecular flexibility index (Phi) is 22.8. The zero-order valence-electron chi connectivity index (χ0n) is 30.4. The fourth-order valence-corrected chi connectivity index (χ4v) is 4.00. The number of hydrogen-bond donors (Lipinski definition) is 3. The average molecular weight is 625 g/mol. The highest BCUT2D eigenvalue weighted by molar-refractivity contribution is 5.97. The van der Waals surface area contributed by atoms with Gasteiger partial charge in [-0.2, -0.15) is 0 Å². The highest BCUT2D eigenvalue weighted by Gasteiger charge is 2.09. The van der Waals surface area contributed by atoms with Crippen molar-refractivity contribution < 1.29 is 9.47 Å². The van der Waals surface area contributed by atoms with Gasteiger partial charge in [-0.25, -0.2) is 0 Å². The van der Waals surface area contributed by atoms with Gasteiger partial charge in [-0.15, -0.1) is 0 Å². The van der Waals surface area contributed by atoms with E-state index in [0.29, 0.717) is 22.4 Å². The molecule has 0 aromatic heterocycles. The van der Waals surface area contributed by atoms with Crippen LogP contribution in [-0.4, -0.2) is 37.9 Å². The Bertz CT molecular complexity index is 1030. The van der Waals surface area contributed by atoms with E-state index in [2.05, 4.69) is 60.4 Å². The van der Waals surface area contributed by atoms with Crippen LogP contribution in [0.5, 0.6) is 11.5 Å². The SMILES string of the molecule is CC(C)(C)CCN.CCCCCCOc1ccc(C(C)=N)cc1.CCCCCCOc1ccc(C(N)=NCCC(C)(C)C)cc1. The van der Waals surface area contributed by atoms with E-state index >= 15 is 0 Å². The topological polar surface area (TPSA) is 107 Å². The Morgan fingerprint density at radius 2 is 1.09 bits per heavy atom. The normalized spacial score (nSPS) is 11.6. The number of nitrogens with zero attached hydrogens (tertiary/aromatic N) is 1. The number of nitrogens with two attached hydrogens (primary N) is 2. The molecule has 2 aromatic carbocycles. The maximum atomic E-state index is 7.48. The van der Waals surface area contributed by atoms with Crippen molar-refractivity contribution >= 4 is 11.5 Å². The molecule has 5 N–H and O–H groups in total.